The van der Waals surface area contributed by atoms with Gasteiger partial charge in [-0.3, -0.25) is 13.9 Å². The number of hydrogen-bond donors (Lipinski definition) is 1. The number of amides is 1. The first-order valence-electron chi connectivity index (χ1n) is 8.02. The zero-order valence-electron chi connectivity index (χ0n) is 15.1. The summed E-state index contributed by atoms with van der Waals surface area (Å²) in [5.41, 5.74) is 1.23. The number of ether oxygens (including phenoxy) is 1. The van der Waals surface area contributed by atoms with E-state index >= 15 is 0 Å². The Morgan fingerprint density at radius 2 is 1.68 bits per heavy atom. The zero-order valence-corrected chi connectivity index (χ0v) is 17.4. The molecule has 0 aliphatic rings. The third-order valence-electron chi connectivity index (χ3n) is 3.65. The molecule has 0 aliphatic carbocycles. The molecule has 0 bridgehead atoms. The molecule has 1 amide bonds. The molecular formula is C18H18Cl2N2O5S. The van der Waals surface area contributed by atoms with Crippen LogP contribution < -0.4 is 9.62 Å². The van der Waals surface area contributed by atoms with Crippen molar-refractivity contribution in [3.63, 3.8) is 0 Å². The van der Waals surface area contributed by atoms with Crippen LogP contribution in [0.4, 0.5) is 11.4 Å². The number of nitrogens with zero attached hydrogens (tertiary/aromatic N) is 1. The van der Waals surface area contributed by atoms with Gasteiger partial charge in [-0.25, -0.2) is 8.42 Å². The Bertz CT molecular complexity index is 975. The Morgan fingerprint density at radius 3 is 2.25 bits per heavy atom. The lowest BCUT2D eigenvalue weighted by atomic mass is 10.2. The molecule has 2 rings (SSSR count). The van der Waals surface area contributed by atoms with Crippen LogP contribution in [0.3, 0.4) is 0 Å². The monoisotopic (exact) mass is 444 g/mol. The summed E-state index contributed by atoms with van der Waals surface area (Å²) in [5, 5.41) is 2.91. The number of rotatable bonds is 7. The molecule has 2 aromatic rings. The lowest BCUT2D eigenvalue weighted by Crippen LogP contribution is -2.37. The molecule has 1 N–H and O–H groups in total. The van der Waals surface area contributed by atoms with E-state index in [4.69, 9.17) is 27.9 Å². The first kappa shape index (κ1) is 22.0. The van der Waals surface area contributed by atoms with E-state index in [0.717, 1.165) is 10.6 Å². The maximum atomic E-state index is 12.1. The first-order valence-corrected chi connectivity index (χ1v) is 10.6. The van der Waals surface area contributed by atoms with Crippen LogP contribution >= 0.6 is 23.2 Å². The number of benzene rings is 2. The van der Waals surface area contributed by atoms with Gasteiger partial charge in [-0.05, 0) is 30.7 Å². The smallest absolute Gasteiger partial charge is 0.327 e. The van der Waals surface area contributed by atoms with Crippen LogP contribution in [-0.2, 0) is 24.3 Å². The largest absolute Gasteiger partial charge is 0.454 e. The molecular weight excluding hydrogens is 427 g/mol. The number of anilines is 2. The van der Waals surface area contributed by atoms with E-state index in [-0.39, 0.29) is 15.7 Å². The Hall–Kier alpha value is -2.29. The number of sulfonamides is 1. The normalized spacial score (nSPS) is 11.0. The lowest BCUT2D eigenvalue weighted by molar-refractivity contribution is -0.145. The van der Waals surface area contributed by atoms with Gasteiger partial charge in [0.2, 0.25) is 10.0 Å². The second-order valence-electron chi connectivity index (χ2n) is 5.86. The number of aryl methyl sites for hydroxylation is 1. The SMILES string of the molecule is Cc1ccccc1N(CC(=O)OCC(=O)Nc1c(Cl)cccc1Cl)S(C)(=O)=O. The van der Waals surface area contributed by atoms with E-state index in [9.17, 15) is 18.0 Å². The molecule has 0 fully saturated rings. The van der Waals surface area contributed by atoms with Crippen LogP contribution in [0.1, 0.15) is 5.56 Å². The van der Waals surface area contributed by atoms with E-state index in [1.807, 2.05) is 0 Å². The molecule has 150 valence electrons. The van der Waals surface area contributed by atoms with E-state index in [1.54, 1.807) is 49.4 Å². The highest BCUT2D eigenvalue weighted by molar-refractivity contribution is 7.92. The van der Waals surface area contributed by atoms with Crippen LogP contribution in [0.2, 0.25) is 10.0 Å². The van der Waals surface area contributed by atoms with Crippen molar-refractivity contribution in [1.82, 2.24) is 0 Å². The average molecular weight is 445 g/mol. The van der Waals surface area contributed by atoms with Gasteiger partial charge in [0.05, 0.1) is 27.7 Å². The summed E-state index contributed by atoms with van der Waals surface area (Å²) in [6.45, 7) is 0.537. The molecule has 0 atom stereocenters. The minimum Gasteiger partial charge on any atom is -0.454 e. The summed E-state index contributed by atoms with van der Waals surface area (Å²) in [7, 11) is -3.74. The van der Waals surface area contributed by atoms with E-state index in [0.29, 0.717) is 11.3 Å². The molecule has 0 saturated carbocycles. The Kier molecular flexibility index (Phi) is 7.29. The number of carbonyl (C=O) groups excluding carboxylic acids is 2. The molecule has 2 aromatic carbocycles. The molecule has 0 saturated heterocycles. The van der Waals surface area contributed by atoms with Crippen molar-refractivity contribution in [2.75, 3.05) is 29.0 Å². The molecule has 0 aliphatic heterocycles. The number of carbonyl (C=O) groups is 2. The van der Waals surface area contributed by atoms with Gasteiger partial charge in [0.15, 0.2) is 6.61 Å². The van der Waals surface area contributed by atoms with Crippen molar-refractivity contribution in [3.8, 4) is 0 Å². The number of halogens is 2. The van der Waals surface area contributed by atoms with E-state index in [2.05, 4.69) is 5.32 Å². The lowest BCUT2D eigenvalue weighted by Gasteiger charge is -2.23. The Morgan fingerprint density at radius 1 is 1.07 bits per heavy atom. The van der Waals surface area contributed by atoms with Gasteiger partial charge in [-0.15, -0.1) is 0 Å². The average Bonchev–Trinajstić information content (AvgIpc) is 2.61. The van der Waals surface area contributed by atoms with Gasteiger partial charge in [0, 0.05) is 0 Å². The standard InChI is InChI=1S/C18H18Cl2N2O5S/c1-12-6-3-4-9-15(12)22(28(2,25)26)10-17(24)27-11-16(23)21-18-13(19)7-5-8-14(18)20/h3-9H,10-11H2,1-2H3,(H,21,23). The van der Waals surface area contributed by atoms with Crippen molar-refractivity contribution < 1.29 is 22.7 Å². The van der Waals surface area contributed by atoms with Crippen LogP contribution in [0.5, 0.6) is 0 Å². The summed E-state index contributed by atoms with van der Waals surface area (Å²) in [6.07, 6.45) is 0.985. The molecule has 0 aromatic heterocycles. The maximum absolute atomic E-state index is 12.1. The highest BCUT2D eigenvalue weighted by Crippen LogP contribution is 2.29. The van der Waals surface area contributed by atoms with Crippen molar-refractivity contribution in [2.45, 2.75) is 6.92 Å². The number of esters is 1. The Balaban J connectivity index is 2.02. The van der Waals surface area contributed by atoms with Crippen LogP contribution in [0.25, 0.3) is 0 Å². The van der Waals surface area contributed by atoms with Crippen molar-refractivity contribution in [2.24, 2.45) is 0 Å². The highest BCUT2D eigenvalue weighted by atomic mass is 35.5. The number of nitrogens with one attached hydrogen (secondary N) is 1. The Labute approximate surface area is 173 Å². The van der Waals surface area contributed by atoms with Gasteiger partial charge < -0.3 is 10.1 Å². The van der Waals surface area contributed by atoms with Crippen molar-refractivity contribution in [3.05, 3.63) is 58.1 Å². The molecule has 7 nitrogen and oxygen atoms in total. The molecule has 0 heterocycles. The van der Waals surface area contributed by atoms with Crippen LogP contribution in [0.15, 0.2) is 42.5 Å². The summed E-state index contributed by atoms with van der Waals surface area (Å²) in [4.78, 5) is 24.1. The van der Waals surface area contributed by atoms with E-state index < -0.39 is 35.1 Å². The molecule has 0 unspecified atom stereocenters. The van der Waals surface area contributed by atoms with Crippen molar-refractivity contribution >= 4 is 56.5 Å². The fraction of sp³-hybridized carbons (Fsp3) is 0.222. The summed E-state index contributed by atoms with van der Waals surface area (Å²) in [5.74, 6) is -1.54. The second kappa shape index (κ2) is 9.27. The van der Waals surface area contributed by atoms with Crippen LogP contribution in [0, 0.1) is 6.92 Å². The number of hydrogen-bond acceptors (Lipinski definition) is 5. The number of para-hydroxylation sites is 2. The van der Waals surface area contributed by atoms with E-state index in [1.165, 1.54) is 0 Å². The minimum atomic E-state index is -3.74. The fourth-order valence-corrected chi connectivity index (χ4v) is 3.72. The first-order chi connectivity index (χ1) is 13.1. The second-order valence-corrected chi connectivity index (χ2v) is 8.58. The predicted octanol–water partition coefficient (Wildman–Crippen LogP) is 3.25. The third-order valence-corrected chi connectivity index (χ3v) is 5.41. The predicted molar refractivity (Wildman–Crippen MR) is 109 cm³/mol. The topological polar surface area (TPSA) is 92.8 Å². The minimum absolute atomic E-state index is 0.199. The maximum Gasteiger partial charge on any atom is 0.327 e. The van der Waals surface area contributed by atoms with Gasteiger partial charge in [-0.2, -0.15) is 0 Å². The van der Waals surface area contributed by atoms with Crippen molar-refractivity contribution in [1.29, 1.82) is 0 Å². The van der Waals surface area contributed by atoms with Gasteiger partial charge in [-0.1, -0.05) is 47.5 Å². The molecule has 10 heteroatoms. The van der Waals surface area contributed by atoms with Gasteiger partial charge in [0.25, 0.3) is 5.91 Å². The molecule has 0 radical (unpaired) electrons. The zero-order chi connectivity index (χ0) is 20.9. The fourth-order valence-electron chi connectivity index (χ4n) is 2.33. The summed E-state index contributed by atoms with van der Waals surface area (Å²) in [6, 6.07) is 11.4. The summed E-state index contributed by atoms with van der Waals surface area (Å²) < 4.78 is 30.0. The van der Waals surface area contributed by atoms with Crippen LogP contribution in [-0.4, -0.2) is 39.7 Å². The molecule has 28 heavy (non-hydrogen) atoms. The van der Waals surface area contributed by atoms with Gasteiger partial charge >= 0.3 is 5.97 Å². The third kappa shape index (κ3) is 5.85. The molecule has 0 spiro atoms. The quantitative estimate of drug-likeness (QED) is 0.661. The van der Waals surface area contributed by atoms with Gasteiger partial charge in [0.1, 0.15) is 6.54 Å². The summed E-state index contributed by atoms with van der Waals surface area (Å²) >= 11 is 11.9. The highest BCUT2D eigenvalue weighted by Gasteiger charge is 2.23.